The van der Waals surface area contributed by atoms with Crippen LogP contribution in [-0.2, 0) is 5.60 Å². The van der Waals surface area contributed by atoms with Crippen molar-refractivity contribution < 1.29 is 28.5 Å². The number of alkyl halides is 2. The largest absolute Gasteiger partial charge is 0.434 e. The minimum Gasteiger partial charge on any atom is -0.434 e. The molecule has 4 aromatic rings. The maximum Gasteiger partial charge on any atom is 0.387 e. The number of rotatable bonds is 4. The number of aromatic nitrogens is 4. The Morgan fingerprint density at radius 3 is 2.55 bits per heavy atom. The summed E-state index contributed by atoms with van der Waals surface area (Å²) in [5.74, 6) is 0.624. The fourth-order valence-corrected chi connectivity index (χ4v) is 6.33. The van der Waals surface area contributed by atoms with Crippen molar-refractivity contribution in [3.8, 4) is 16.9 Å². The first-order valence-corrected chi connectivity index (χ1v) is 13.3. The normalized spacial score (nSPS) is 27.3. The van der Waals surface area contributed by atoms with E-state index in [0.717, 1.165) is 16.6 Å². The average Bonchev–Trinajstić information content (AvgIpc) is 3.42. The number of hydrogen-bond acceptors (Lipinski definition) is 7. The molecule has 7 rings (SSSR count). The molecule has 1 saturated carbocycles. The van der Waals surface area contributed by atoms with Gasteiger partial charge in [0.15, 0.2) is 5.82 Å². The van der Waals surface area contributed by atoms with Crippen LogP contribution in [0.3, 0.4) is 0 Å². The Kier molecular flexibility index (Phi) is 5.49. The van der Waals surface area contributed by atoms with Gasteiger partial charge in [-0.15, -0.1) is 0 Å². The molecule has 206 valence electrons. The first-order chi connectivity index (χ1) is 19.1. The van der Waals surface area contributed by atoms with Gasteiger partial charge >= 0.3 is 6.61 Å². The minimum atomic E-state index is -3.02. The van der Waals surface area contributed by atoms with E-state index >= 15 is 0 Å². The second-order valence-electron chi connectivity index (χ2n) is 11.2. The maximum atomic E-state index is 13.3. The number of ether oxygens (including phenoxy) is 1. The van der Waals surface area contributed by atoms with E-state index in [-0.39, 0.29) is 17.7 Å². The summed E-state index contributed by atoms with van der Waals surface area (Å²) in [7, 11) is 0. The molecule has 40 heavy (non-hydrogen) atoms. The van der Waals surface area contributed by atoms with Gasteiger partial charge in [0, 0.05) is 29.1 Å². The molecule has 3 N–H and O–H groups in total. The lowest BCUT2D eigenvalue weighted by Gasteiger charge is -2.38. The molecule has 2 aliphatic heterocycles. The van der Waals surface area contributed by atoms with E-state index in [1.807, 2.05) is 22.8 Å². The number of amides is 1. The number of aliphatic hydroxyl groups is 2. The van der Waals surface area contributed by atoms with Crippen LogP contribution < -0.4 is 10.1 Å². The number of nitrogens with zero attached hydrogens (tertiary/aromatic N) is 4. The van der Waals surface area contributed by atoms with Gasteiger partial charge in [-0.3, -0.25) is 4.79 Å². The van der Waals surface area contributed by atoms with Crippen LogP contribution in [0.25, 0.3) is 22.2 Å². The van der Waals surface area contributed by atoms with E-state index in [0.29, 0.717) is 60.4 Å². The Hall–Kier alpha value is -3.96. The molecule has 0 saturated heterocycles. The lowest BCUT2D eigenvalue weighted by Crippen LogP contribution is -2.40. The van der Waals surface area contributed by atoms with Crippen LogP contribution in [0.1, 0.15) is 78.7 Å². The molecule has 1 aliphatic carbocycles. The lowest BCUT2D eigenvalue weighted by molar-refractivity contribution is -0.0802. The highest BCUT2D eigenvalue weighted by molar-refractivity contribution is 5.98. The molecule has 9 nitrogen and oxygen atoms in total. The van der Waals surface area contributed by atoms with E-state index in [9.17, 15) is 23.8 Å². The van der Waals surface area contributed by atoms with Gasteiger partial charge in [0.05, 0.1) is 28.7 Å². The van der Waals surface area contributed by atoms with Crippen LogP contribution in [0, 0.1) is 0 Å². The first-order valence-electron chi connectivity index (χ1n) is 13.3. The Morgan fingerprint density at radius 1 is 1.07 bits per heavy atom. The predicted molar refractivity (Wildman–Crippen MR) is 140 cm³/mol. The van der Waals surface area contributed by atoms with Crippen molar-refractivity contribution in [2.45, 2.75) is 68.9 Å². The zero-order chi connectivity index (χ0) is 27.8. The van der Waals surface area contributed by atoms with E-state index in [4.69, 9.17) is 9.72 Å². The van der Waals surface area contributed by atoms with E-state index < -0.39 is 23.9 Å². The van der Waals surface area contributed by atoms with Crippen LogP contribution in [0.4, 0.5) is 8.78 Å². The smallest absolute Gasteiger partial charge is 0.387 e. The van der Waals surface area contributed by atoms with Gasteiger partial charge in [-0.1, -0.05) is 12.1 Å². The molecule has 11 heteroatoms. The van der Waals surface area contributed by atoms with Crippen molar-refractivity contribution in [3.05, 3.63) is 71.6 Å². The summed E-state index contributed by atoms with van der Waals surface area (Å²) in [6.07, 6.45) is 5.50. The number of carbonyl (C=O) groups excluding carboxylic acids is 1. The third-order valence-electron chi connectivity index (χ3n) is 8.52. The molecule has 2 aromatic heterocycles. The van der Waals surface area contributed by atoms with Crippen molar-refractivity contribution in [1.29, 1.82) is 0 Å². The van der Waals surface area contributed by atoms with Crippen LogP contribution in [0.2, 0.25) is 0 Å². The van der Waals surface area contributed by atoms with Crippen LogP contribution >= 0.6 is 0 Å². The number of carbonyl (C=O) groups is 1. The maximum absolute atomic E-state index is 13.3. The molecule has 0 spiro atoms. The molecular weight excluding hydrogens is 520 g/mol. The third kappa shape index (κ3) is 3.95. The summed E-state index contributed by atoms with van der Waals surface area (Å²) in [6.45, 7) is -1.25. The SMILES string of the molecule is C[C@]1(O)CC[C@](O)(c2ncc(-c3ccc4nc5n(c4c3)[C@@H]3C[C@H]5NC(=O)c4cccc(OC(F)F)c43)cn2)CC1. The van der Waals surface area contributed by atoms with Crippen molar-refractivity contribution in [2.75, 3.05) is 0 Å². The number of fused-ring (bicyclic) bond motifs is 9. The Morgan fingerprint density at radius 2 is 1.82 bits per heavy atom. The molecule has 2 atom stereocenters. The van der Waals surface area contributed by atoms with Crippen LogP contribution in [0.5, 0.6) is 5.75 Å². The standard InChI is InChI=1S/C29H27F2N5O4/c1-28(38)7-9-29(39,10-8-28)26-32-13-16(14-33-26)15-5-6-18-20(11-15)36-21-12-19(24(36)34-18)35-25(37)17-3-2-4-22(23(17)21)40-27(30)31/h2-6,11,13-14,19,21,27,38-39H,7-10,12H2,1H3,(H,35,37)/t19-,21-,28-,29+/m1/s1. The van der Waals surface area contributed by atoms with E-state index in [1.165, 1.54) is 12.1 Å². The van der Waals surface area contributed by atoms with Gasteiger partial charge < -0.3 is 24.8 Å². The molecule has 2 aromatic carbocycles. The molecule has 2 bridgehead atoms. The summed E-state index contributed by atoms with van der Waals surface area (Å²) in [4.78, 5) is 26.7. The van der Waals surface area contributed by atoms with Gasteiger partial charge in [0.25, 0.3) is 5.91 Å². The quantitative estimate of drug-likeness (QED) is 0.347. The lowest BCUT2D eigenvalue weighted by atomic mass is 9.76. The third-order valence-corrected chi connectivity index (χ3v) is 8.52. The molecule has 0 radical (unpaired) electrons. The summed E-state index contributed by atoms with van der Waals surface area (Å²) < 4.78 is 33.4. The number of nitrogens with one attached hydrogen (secondary N) is 1. The molecule has 1 amide bonds. The van der Waals surface area contributed by atoms with E-state index in [1.54, 1.807) is 25.4 Å². The summed E-state index contributed by atoms with van der Waals surface area (Å²) >= 11 is 0. The molecule has 1 fully saturated rings. The van der Waals surface area contributed by atoms with Crippen LogP contribution in [0.15, 0.2) is 48.8 Å². The second kappa shape index (κ2) is 8.77. The highest BCUT2D eigenvalue weighted by Crippen LogP contribution is 2.48. The van der Waals surface area contributed by atoms with Crippen molar-refractivity contribution >= 4 is 16.9 Å². The molecule has 4 heterocycles. The minimum absolute atomic E-state index is 0.0229. The van der Waals surface area contributed by atoms with Gasteiger partial charge in [0.2, 0.25) is 0 Å². The van der Waals surface area contributed by atoms with Crippen molar-refractivity contribution in [1.82, 2.24) is 24.8 Å². The monoisotopic (exact) mass is 547 g/mol. The topological polar surface area (TPSA) is 122 Å². The number of benzene rings is 2. The number of hydrogen-bond donors (Lipinski definition) is 3. The molecular formula is C29H27F2N5O4. The first kappa shape index (κ1) is 25.0. The highest BCUT2D eigenvalue weighted by atomic mass is 19.3. The second-order valence-corrected chi connectivity index (χ2v) is 11.2. The fraction of sp³-hybridized carbons (Fsp3) is 0.379. The Balaban J connectivity index is 1.28. The van der Waals surface area contributed by atoms with Gasteiger partial charge in [0.1, 0.15) is 17.2 Å². The van der Waals surface area contributed by atoms with Crippen molar-refractivity contribution in [2.24, 2.45) is 0 Å². The van der Waals surface area contributed by atoms with E-state index in [2.05, 4.69) is 15.3 Å². The number of imidazole rings is 1. The van der Waals surface area contributed by atoms with Gasteiger partial charge in [-0.2, -0.15) is 8.78 Å². The molecule has 3 aliphatic rings. The predicted octanol–water partition coefficient (Wildman–Crippen LogP) is 4.38. The van der Waals surface area contributed by atoms with Gasteiger partial charge in [-0.25, -0.2) is 15.0 Å². The number of halogens is 2. The fourth-order valence-electron chi connectivity index (χ4n) is 6.33. The Bertz CT molecular complexity index is 1640. The highest BCUT2D eigenvalue weighted by Gasteiger charge is 2.43. The zero-order valence-corrected chi connectivity index (χ0v) is 21.6. The Labute approximate surface area is 227 Å². The summed E-state index contributed by atoms with van der Waals surface area (Å²) in [6, 6.07) is 9.53. The molecule has 0 unspecified atom stereocenters. The van der Waals surface area contributed by atoms with Crippen molar-refractivity contribution in [3.63, 3.8) is 0 Å². The summed E-state index contributed by atoms with van der Waals surface area (Å²) in [5, 5.41) is 24.4. The van der Waals surface area contributed by atoms with Crippen LogP contribution in [-0.4, -0.2) is 47.9 Å². The van der Waals surface area contributed by atoms with Gasteiger partial charge in [-0.05, 0) is 68.9 Å². The zero-order valence-electron chi connectivity index (χ0n) is 21.6. The summed E-state index contributed by atoms with van der Waals surface area (Å²) in [5.41, 5.74) is 1.80. The average molecular weight is 548 g/mol.